The number of nitrogens with one attached hydrogen (secondary N) is 3. The van der Waals surface area contributed by atoms with E-state index in [9.17, 15) is 18.0 Å². The van der Waals surface area contributed by atoms with Crippen LogP contribution < -0.4 is 15.6 Å². The molecule has 168 valence electrons. The smallest absolute Gasteiger partial charge is 0.253 e. The van der Waals surface area contributed by atoms with E-state index in [-0.39, 0.29) is 10.6 Å². The molecule has 1 aromatic heterocycles. The number of para-hydroxylation sites is 1. The van der Waals surface area contributed by atoms with Gasteiger partial charge in [0.2, 0.25) is 21.1 Å². The van der Waals surface area contributed by atoms with Crippen LogP contribution in [0.4, 0.5) is 0 Å². The van der Waals surface area contributed by atoms with Crippen molar-refractivity contribution in [2.45, 2.75) is 17.0 Å². The molecule has 0 spiro atoms. The van der Waals surface area contributed by atoms with E-state index in [1.54, 1.807) is 12.1 Å². The number of sulfonamides is 1. The second-order valence-electron chi connectivity index (χ2n) is 6.32. The summed E-state index contributed by atoms with van der Waals surface area (Å²) >= 11 is 4.30. The summed E-state index contributed by atoms with van der Waals surface area (Å²) in [6.45, 7) is 1.37. The molecule has 3 aromatic rings. The van der Waals surface area contributed by atoms with Crippen molar-refractivity contribution in [2.24, 2.45) is 0 Å². The van der Waals surface area contributed by atoms with Gasteiger partial charge in [-0.15, -0.1) is 5.10 Å². The Balaban J connectivity index is 1.46. The molecule has 3 rings (SSSR count). The molecule has 3 N–H and O–H groups in total. The zero-order valence-corrected chi connectivity index (χ0v) is 19.9. The average Bonchev–Trinajstić information content (AvgIpc) is 3.24. The maximum Gasteiger partial charge on any atom is 0.253 e. The van der Waals surface area contributed by atoms with Crippen LogP contribution in [0.1, 0.15) is 5.56 Å². The molecule has 14 heteroatoms. The van der Waals surface area contributed by atoms with Crippen LogP contribution in [0.2, 0.25) is 0 Å². The molecule has 0 fully saturated rings. The quantitative estimate of drug-likeness (QED) is 0.283. The third-order valence-corrected chi connectivity index (χ3v) is 6.87. The van der Waals surface area contributed by atoms with E-state index >= 15 is 0 Å². The topological polar surface area (TPSA) is 148 Å². The fourth-order valence-corrected chi connectivity index (χ4v) is 4.36. The highest BCUT2D eigenvalue weighted by atomic mass is 79.9. The van der Waals surface area contributed by atoms with E-state index in [1.165, 1.54) is 16.8 Å². The van der Waals surface area contributed by atoms with E-state index in [2.05, 4.69) is 47.0 Å². The Morgan fingerprint density at radius 3 is 2.47 bits per heavy atom. The Kier molecular flexibility index (Phi) is 7.95. The molecule has 0 aliphatic heterocycles. The fraction of sp³-hybridized carbons (Fsp3) is 0.167. The normalized spacial score (nSPS) is 11.2. The number of thioether (sulfide) groups is 1. The lowest BCUT2D eigenvalue weighted by Gasteiger charge is -2.09. The van der Waals surface area contributed by atoms with Crippen molar-refractivity contribution in [3.05, 3.63) is 58.6 Å². The lowest BCUT2D eigenvalue weighted by atomic mass is 10.2. The maximum absolute atomic E-state index is 12.2. The zero-order chi connectivity index (χ0) is 23.1. The number of carbonyl (C=O) groups excluding carboxylic acids is 2. The van der Waals surface area contributed by atoms with E-state index < -0.39 is 28.4 Å². The summed E-state index contributed by atoms with van der Waals surface area (Å²) < 4.78 is 28.8. The van der Waals surface area contributed by atoms with Gasteiger partial charge in [0, 0.05) is 4.47 Å². The van der Waals surface area contributed by atoms with E-state index in [0.717, 1.165) is 27.5 Å². The molecule has 0 radical (unpaired) electrons. The van der Waals surface area contributed by atoms with Gasteiger partial charge in [0.15, 0.2) is 0 Å². The highest BCUT2D eigenvalue weighted by molar-refractivity contribution is 9.10. The monoisotopic (exact) mass is 539 g/mol. The van der Waals surface area contributed by atoms with E-state index in [0.29, 0.717) is 5.16 Å². The van der Waals surface area contributed by atoms with Crippen molar-refractivity contribution in [2.75, 3.05) is 12.3 Å². The lowest BCUT2D eigenvalue weighted by Crippen LogP contribution is -2.46. The van der Waals surface area contributed by atoms with E-state index in [4.69, 9.17) is 0 Å². The Morgan fingerprint density at radius 2 is 1.75 bits per heavy atom. The van der Waals surface area contributed by atoms with Crippen LogP contribution in [0.3, 0.4) is 0 Å². The molecule has 0 saturated carbocycles. The van der Waals surface area contributed by atoms with E-state index in [1.807, 2.05) is 31.2 Å². The van der Waals surface area contributed by atoms with Crippen molar-refractivity contribution >= 4 is 49.5 Å². The number of nitrogens with zero attached hydrogens (tertiary/aromatic N) is 4. The molecule has 2 amide bonds. The molecule has 2 aromatic carbocycles. The Labute approximate surface area is 196 Å². The first-order chi connectivity index (χ1) is 15.3. The largest absolute Gasteiger partial charge is 0.272 e. The predicted molar refractivity (Wildman–Crippen MR) is 120 cm³/mol. The third-order valence-electron chi connectivity index (χ3n) is 4.00. The minimum Gasteiger partial charge on any atom is -0.272 e. The molecule has 1 heterocycles. The number of hydrogen-bond acceptors (Lipinski definition) is 8. The molecule has 0 aliphatic carbocycles. The van der Waals surface area contributed by atoms with Gasteiger partial charge in [0.05, 0.1) is 22.9 Å². The van der Waals surface area contributed by atoms with Gasteiger partial charge < -0.3 is 0 Å². The number of rotatable bonds is 8. The van der Waals surface area contributed by atoms with Crippen molar-refractivity contribution < 1.29 is 18.0 Å². The molecule has 11 nitrogen and oxygen atoms in total. The summed E-state index contributed by atoms with van der Waals surface area (Å²) in [6, 6.07) is 13.5. The number of hydrogen-bond donors (Lipinski definition) is 3. The Bertz CT molecular complexity index is 1220. The summed E-state index contributed by atoms with van der Waals surface area (Å²) in [6.07, 6.45) is 0. The molecule has 0 aliphatic rings. The van der Waals surface area contributed by atoms with Gasteiger partial charge in [-0.1, -0.05) is 45.9 Å². The van der Waals surface area contributed by atoms with Gasteiger partial charge in [-0.2, -0.15) is 4.68 Å². The van der Waals surface area contributed by atoms with Crippen molar-refractivity contribution in [1.82, 2.24) is 35.8 Å². The molecule has 0 saturated heterocycles. The van der Waals surface area contributed by atoms with Gasteiger partial charge in [-0.25, -0.2) is 13.1 Å². The summed E-state index contributed by atoms with van der Waals surface area (Å²) in [5, 5.41) is 11.9. The Hall–Kier alpha value is -2.81. The maximum atomic E-state index is 12.2. The highest BCUT2D eigenvalue weighted by Gasteiger charge is 2.16. The minimum atomic E-state index is -3.86. The second-order valence-corrected chi connectivity index (χ2v) is 9.95. The first-order valence-corrected chi connectivity index (χ1v) is 12.3. The minimum absolute atomic E-state index is 0.0142. The molecular formula is C18H18BrN7O4S2. The van der Waals surface area contributed by atoms with Crippen LogP contribution in [0.5, 0.6) is 0 Å². The molecule has 32 heavy (non-hydrogen) atoms. The van der Waals surface area contributed by atoms with Crippen molar-refractivity contribution in [1.29, 1.82) is 0 Å². The van der Waals surface area contributed by atoms with Gasteiger partial charge >= 0.3 is 0 Å². The number of halogens is 1. The van der Waals surface area contributed by atoms with Crippen molar-refractivity contribution in [3.8, 4) is 5.69 Å². The van der Waals surface area contributed by atoms with Crippen LogP contribution in [-0.4, -0.2) is 52.7 Å². The van der Waals surface area contributed by atoms with Crippen molar-refractivity contribution in [3.63, 3.8) is 0 Å². The van der Waals surface area contributed by atoms with Gasteiger partial charge in [-0.05, 0) is 53.2 Å². The molecular weight excluding hydrogens is 522 g/mol. The molecule has 0 bridgehead atoms. The van der Waals surface area contributed by atoms with Crippen LogP contribution in [0.25, 0.3) is 5.69 Å². The average molecular weight is 540 g/mol. The number of tetrazole rings is 1. The number of hydrazine groups is 1. The Morgan fingerprint density at radius 1 is 1.06 bits per heavy atom. The summed E-state index contributed by atoms with van der Waals surface area (Å²) in [5.74, 6) is -1.32. The van der Waals surface area contributed by atoms with Crippen LogP contribution in [0.15, 0.2) is 63.1 Å². The number of aromatic nitrogens is 4. The second kappa shape index (κ2) is 10.7. The standard InChI is InChI=1S/C18H18BrN7O4S2/c1-12-4-2-3-5-15(12)26-18(23-24-25-26)31-11-17(28)22-21-16(27)10-20-32(29,30)14-8-6-13(19)7-9-14/h2-9,20H,10-11H2,1H3,(H,21,27)(H,22,28). The van der Waals surface area contributed by atoms with Gasteiger partial charge in [-0.3, -0.25) is 20.4 Å². The third kappa shape index (κ3) is 6.35. The predicted octanol–water partition coefficient (Wildman–Crippen LogP) is 0.951. The lowest BCUT2D eigenvalue weighted by molar-refractivity contribution is -0.126. The SMILES string of the molecule is Cc1ccccc1-n1nnnc1SCC(=O)NNC(=O)CNS(=O)(=O)c1ccc(Br)cc1. The summed E-state index contributed by atoms with van der Waals surface area (Å²) in [4.78, 5) is 23.9. The number of benzene rings is 2. The fourth-order valence-electron chi connectivity index (χ4n) is 2.43. The number of carbonyl (C=O) groups is 2. The summed E-state index contributed by atoms with van der Waals surface area (Å²) in [5.41, 5.74) is 6.12. The summed E-state index contributed by atoms with van der Waals surface area (Å²) in [7, 11) is -3.86. The van der Waals surface area contributed by atoms with Crippen LogP contribution >= 0.6 is 27.7 Å². The van der Waals surface area contributed by atoms with Crippen LogP contribution in [0, 0.1) is 6.92 Å². The van der Waals surface area contributed by atoms with Gasteiger partial charge in [0.1, 0.15) is 0 Å². The van der Waals surface area contributed by atoms with Crippen LogP contribution in [-0.2, 0) is 19.6 Å². The first kappa shape index (κ1) is 23.8. The number of aryl methyl sites for hydroxylation is 1. The molecule has 0 unspecified atom stereocenters. The highest BCUT2D eigenvalue weighted by Crippen LogP contribution is 2.20. The first-order valence-electron chi connectivity index (χ1n) is 9.06. The zero-order valence-electron chi connectivity index (χ0n) is 16.6. The number of amides is 2. The molecule has 0 atom stereocenters. The van der Waals surface area contributed by atoms with Gasteiger partial charge in [0.25, 0.3) is 5.91 Å².